The Balaban J connectivity index is 1.60. The van der Waals surface area contributed by atoms with Gasteiger partial charge in [0, 0.05) is 36.2 Å². The van der Waals surface area contributed by atoms with Gasteiger partial charge < -0.3 is 15.0 Å². The Bertz CT molecular complexity index is 816. The van der Waals surface area contributed by atoms with Crippen molar-refractivity contribution in [3.8, 4) is 0 Å². The SMILES string of the molecule is CCOC(=O)Nc1cccc(C(=O)NCc2ccccc2C[NH+]2CCCC2)c1. The number of rotatable bonds is 7. The van der Waals surface area contributed by atoms with Gasteiger partial charge in [-0.15, -0.1) is 0 Å². The number of amides is 2. The number of quaternary nitrogens is 1. The zero-order valence-electron chi connectivity index (χ0n) is 16.3. The van der Waals surface area contributed by atoms with Gasteiger partial charge in [-0.3, -0.25) is 10.1 Å². The van der Waals surface area contributed by atoms with E-state index in [9.17, 15) is 9.59 Å². The summed E-state index contributed by atoms with van der Waals surface area (Å²) in [6.45, 7) is 5.97. The van der Waals surface area contributed by atoms with Crippen LogP contribution in [0.15, 0.2) is 48.5 Å². The van der Waals surface area contributed by atoms with Gasteiger partial charge in [0.05, 0.1) is 19.7 Å². The molecule has 2 aromatic carbocycles. The number of carbonyl (C=O) groups is 2. The van der Waals surface area contributed by atoms with Gasteiger partial charge in [-0.25, -0.2) is 4.79 Å². The van der Waals surface area contributed by atoms with Crippen molar-refractivity contribution in [1.29, 1.82) is 0 Å². The Morgan fingerprint density at radius 1 is 1.04 bits per heavy atom. The van der Waals surface area contributed by atoms with Crippen LogP contribution in [0, 0.1) is 0 Å². The first-order chi connectivity index (χ1) is 13.7. The topological polar surface area (TPSA) is 71.9 Å². The van der Waals surface area contributed by atoms with Gasteiger partial charge in [0.15, 0.2) is 0 Å². The van der Waals surface area contributed by atoms with Crippen molar-refractivity contribution in [2.24, 2.45) is 0 Å². The third-order valence-electron chi connectivity index (χ3n) is 4.96. The van der Waals surface area contributed by atoms with E-state index in [0.717, 1.165) is 12.1 Å². The number of carbonyl (C=O) groups excluding carboxylic acids is 2. The van der Waals surface area contributed by atoms with Crippen LogP contribution >= 0.6 is 0 Å². The molecule has 0 bridgehead atoms. The number of hydrogen-bond acceptors (Lipinski definition) is 3. The van der Waals surface area contributed by atoms with Crippen LogP contribution in [0.25, 0.3) is 0 Å². The number of nitrogens with one attached hydrogen (secondary N) is 3. The van der Waals surface area contributed by atoms with Crippen LogP contribution in [-0.4, -0.2) is 31.7 Å². The first-order valence-electron chi connectivity index (χ1n) is 9.88. The Morgan fingerprint density at radius 3 is 2.54 bits per heavy atom. The van der Waals surface area contributed by atoms with E-state index < -0.39 is 6.09 Å². The molecule has 1 heterocycles. The monoisotopic (exact) mass is 382 g/mol. The molecular formula is C22H28N3O3+. The molecule has 3 rings (SSSR count). The largest absolute Gasteiger partial charge is 0.450 e. The second kappa shape index (κ2) is 9.90. The second-order valence-electron chi connectivity index (χ2n) is 7.01. The number of likely N-dealkylation sites (tertiary alicyclic amines) is 1. The van der Waals surface area contributed by atoms with E-state index in [1.807, 2.05) is 6.07 Å². The van der Waals surface area contributed by atoms with E-state index in [0.29, 0.717) is 24.4 Å². The smallest absolute Gasteiger partial charge is 0.411 e. The van der Waals surface area contributed by atoms with Gasteiger partial charge in [-0.05, 0) is 30.7 Å². The highest BCUT2D eigenvalue weighted by Crippen LogP contribution is 2.12. The lowest BCUT2D eigenvalue weighted by atomic mass is 10.1. The molecule has 148 valence electrons. The average Bonchev–Trinajstić information content (AvgIpc) is 3.20. The quantitative estimate of drug-likeness (QED) is 0.688. The number of hydrogen-bond donors (Lipinski definition) is 3. The third kappa shape index (κ3) is 5.57. The molecule has 1 aliphatic rings. The summed E-state index contributed by atoms with van der Waals surface area (Å²) in [5.74, 6) is -0.171. The van der Waals surface area contributed by atoms with Gasteiger partial charge in [-0.2, -0.15) is 0 Å². The van der Waals surface area contributed by atoms with E-state index in [1.165, 1.54) is 31.5 Å². The number of ether oxygens (including phenoxy) is 1. The van der Waals surface area contributed by atoms with Crippen LogP contribution in [0.5, 0.6) is 0 Å². The minimum Gasteiger partial charge on any atom is -0.450 e. The van der Waals surface area contributed by atoms with E-state index >= 15 is 0 Å². The molecule has 0 saturated carbocycles. The first kappa shape index (κ1) is 19.9. The van der Waals surface area contributed by atoms with Crippen LogP contribution in [-0.2, 0) is 17.8 Å². The summed E-state index contributed by atoms with van der Waals surface area (Å²) in [5.41, 5.74) is 3.47. The van der Waals surface area contributed by atoms with Gasteiger partial charge in [0.25, 0.3) is 5.91 Å². The lowest BCUT2D eigenvalue weighted by Crippen LogP contribution is -3.08. The average molecular weight is 382 g/mol. The minimum absolute atomic E-state index is 0.171. The zero-order chi connectivity index (χ0) is 19.8. The van der Waals surface area contributed by atoms with Crippen LogP contribution in [0.4, 0.5) is 10.5 Å². The molecule has 1 saturated heterocycles. The minimum atomic E-state index is -0.529. The molecule has 0 spiro atoms. The van der Waals surface area contributed by atoms with Crippen LogP contribution in [0.2, 0.25) is 0 Å². The predicted octanol–water partition coefficient (Wildman–Crippen LogP) is 2.36. The molecule has 0 aromatic heterocycles. The lowest BCUT2D eigenvalue weighted by molar-refractivity contribution is -0.901. The van der Waals surface area contributed by atoms with E-state index in [4.69, 9.17) is 4.74 Å². The fraction of sp³-hybridized carbons (Fsp3) is 0.364. The maximum absolute atomic E-state index is 12.6. The summed E-state index contributed by atoms with van der Waals surface area (Å²) in [5, 5.41) is 5.61. The fourth-order valence-electron chi connectivity index (χ4n) is 3.52. The Labute approximate surface area is 165 Å². The molecular weight excluding hydrogens is 354 g/mol. The summed E-state index contributed by atoms with van der Waals surface area (Å²) in [6.07, 6.45) is 2.06. The zero-order valence-corrected chi connectivity index (χ0v) is 16.3. The maximum Gasteiger partial charge on any atom is 0.411 e. The van der Waals surface area contributed by atoms with Gasteiger partial charge >= 0.3 is 6.09 Å². The molecule has 0 atom stereocenters. The van der Waals surface area contributed by atoms with Crippen molar-refractivity contribution in [3.63, 3.8) is 0 Å². The molecule has 6 nitrogen and oxygen atoms in total. The van der Waals surface area contributed by atoms with Crippen molar-refractivity contribution in [1.82, 2.24) is 5.32 Å². The van der Waals surface area contributed by atoms with Crippen LogP contribution in [0.1, 0.15) is 41.3 Å². The van der Waals surface area contributed by atoms with Gasteiger partial charge in [-0.1, -0.05) is 30.3 Å². The van der Waals surface area contributed by atoms with Crippen molar-refractivity contribution in [2.45, 2.75) is 32.9 Å². The van der Waals surface area contributed by atoms with Crippen LogP contribution < -0.4 is 15.5 Å². The highest BCUT2D eigenvalue weighted by Gasteiger charge is 2.17. The van der Waals surface area contributed by atoms with Crippen molar-refractivity contribution in [2.75, 3.05) is 25.0 Å². The summed E-state index contributed by atoms with van der Waals surface area (Å²) < 4.78 is 4.87. The Morgan fingerprint density at radius 2 is 1.79 bits per heavy atom. The normalized spacial score (nSPS) is 13.9. The molecule has 6 heteroatoms. The lowest BCUT2D eigenvalue weighted by Gasteiger charge is -2.15. The van der Waals surface area contributed by atoms with E-state index in [1.54, 1.807) is 36.1 Å². The molecule has 0 unspecified atom stereocenters. The fourth-order valence-corrected chi connectivity index (χ4v) is 3.52. The van der Waals surface area contributed by atoms with Crippen LogP contribution in [0.3, 0.4) is 0 Å². The molecule has 2 aromatic rings. The molecule has 0 radical (unpaired) electrons. The molecule has 0 aliphatic carbocycles. The van der Waals surface area contributed by atoms with E-state index in [2.05, 4.69) is 28.8 Å². The van der Waals surface area contributed by atoms with E-state index in [-0.39, 0.29) is 5.91 Å². The molecule has 2 amide bonds. The third-order valence-corrected chi connectivity index (χ3v) is 4.96. The van der Waals surface area contributed by atoms with Crippen molar-refractivity contribution in [3.05, 3.63) is 65.2 Å². The standard InChI is InChI=1S/C22H27N3O3/c1-2-28-22(27)24-20-11-7-10-17(14-20)21(26)23-15-18-8-3-4-9-19(18)16-25-12-5-6-13-25/h3-4,7-11,14H,2,5-6,12-13,15-16H2,1H3,(H,23,26)(H,24,27)/p+1. The predicted molar refractivity (Wildman–Crippen MR) is 108 cm³/mol. The second-order valence-corrected chi connectivity index (χ2v) is 7.01. The first-order valence-corrected chi connectivity index (χ1v) is 9.88. The van der Waals surface area contributed by atoms with Gasteiger partial charge in [0.1, 0.15) is 6.54 Å². The molecule has 1 aliphatic heterocycles. The molecule has 3 N–H and O–H groups in total. The maximum atomic E-state index is 12.6. The molecule has 1 fully saturated rings. The number of benzene rings is 2. The molecule has 28 heavy (non-hydrogen) atoms. The summed E-state index contributed by atoms with van der Waals surface area (Å²) in [6, 6.07) is 15.1. The summed E-state index contributed by atoms with van der Waals surface area (Å²) >= 11 is 0. The Kier molecular flexibility index (Phi) is 7.03. The van der Waals surface area contributed by atoms with Crippen molar-refractivity contribution >= 4 is 17.7 Å². The Hall–Kier alpha value is -2.86. The summed E-state index contributed by atoms with van der Waals surface area (Å²) in [7, 11) is 0. The number of anilines is 1. The highest BCUT2D eigenvalue weighted by atomic mass is 16.5. The summed E-state index contributed by atoms with van der Waals surface area (Å²) in [4.78, 5) is 25.7. The van der Waals surface area contributed by atoms with Gasteiger partial charge in [0.2, 0.25) is 0 Å². The van der Waals surface area contributed by atoms with Crippen molar-refractivity contribution < 1.29 is 19.2 Å². The highest BCUT2D eigenvalue weighted by molar-refractivity contribution is 5.96.